The van der Waals surface area contributed by atoms with Crippen molar-refractivity contribution in [1.29, 1.82) is 0 Å². The number of furan rings is 1. The quantitative estimate of drug-likeness (QED) is 0.783. The maximum absolute atomic E-state index is 12.1. The third kappa shape index (κ3) is 2.99. The van der Waals surface area contributed by atoms with E-state index < -0.39 is 0 Å². The van der Waals surface area contributed by atoms with Crippen LogP contribution in [0.25, 0.3) is 10.9 Å². The molecule has 0 radical (unpaired) electrons. The van der Waals surface area contributed by atoms with Crippen LogP contribution in [0.15, 0.2) is 45.6 Å². The Balaban J connectivity index is 1.47. The Morgan fingerprint density at radius 1 is 1.25 bits per heavy atom. The van der Waals surface area contributed by atoms with Gasteiger partial charge in [0.2, 0.25) is 0 Å². The Morgan fingerprint density at radius 2 is 2.04 bits per heavy atom. The number of rotatable bonds is 5. The van der Waals surface area contributed by atoms with Crippen molar-refractivity contribution in [2.75, 3.05) is 7.05 Å². The molecule has 5 nitrogen and oxygen atoms in total. The minimum atomic E-state index is -0.0907. The van der Waals surface area contributed by atoms with Gasteiger partial charge < -0.3 is 9.40 Å². The number of aromatic nitrogens is 2. The summed E-state index contributed by atoms with van der Waals surface area (Å²) in [6.45, 7) is 3.51. The van der Waals surface area contributed by atoms with E-state index in [0.717, 1.165) is 23.0 Å². The molecule has 2 atom stereocenters. The topological polar surface area (TPSA) is 62.1 Å². The molecule has 1 N–H and O–H groups in total. The normalized spacial score (nSPS) is 20.0. The second-order valence-corrected chi connectivity index (χ2v) is 6.83. The molecule has 24 heavy (non-hydrogen) atoms. The van der Waals surface area contributed by atoms with E-state index in [1.54, 1.807) is 6.07 Å². The first kappa shape index (κ1) is 15.1. The van der Waals surface area contributed by atoms with Gasteiger partial charge in [0.1, 0.15) is 17.3 Å². The molecule has 0 saturated heterocycles. The van der Waals surface area contributed by atoms with Crippen LogP contribution in [0, 0.1) is 5.92 Å². The van der Waals surface area contributed by atoms with E-state index in [9.17, 15) is 4.79 Å². The van der Waals surface area contributed by atoms with Crippen molar-refractivity contribution in [1.82, 2.24) is 14.9 Å². The Kier molecular flexibility index (Phi) is 3.73. The zero-order chi connectivity index (χ0) is 16.7. The average Bonchev–Trinajstić information content (AvgIpc) is 3.10. The summed E-state index contributed by atoms with van der Waals surface area (Å²) in [7, 11) is 2.00. The summed E-state index contributed by atoms with van der Waals surface area (Å²) in [5, 5.41) is 0.623. The second-order valence-electron chi connectivity index (χ2n) is 6.83. The van der Waals surface area contributed by atoms with Crippen LogP contribution in [-0.2, 0) is 13.1 Å². The highest BCUT2D eigenvalue weighted by molar-refractivity contribution is 5.77. The highest BCUT2D eigenvalue weighted by Crippen LogP contribution is 2.47. The molecule has 3 aromatic rings. The van der Waals surface area contributed by atoms with E-state index in [4.69, 9.17) is 4.42 Å². The standard InChI is InChI=1S/C19H21N3O2/c1-12-9-15(12)17-8-7-13(24-17)10-22(2)11-18-20-16-6-4-3-5-14(16)19(23)21-18/h3-8,12,15H,9-11H2,1-2H3,(H,20,21,23)/t12-,15-/m0/s1. The molecule has 5 heteroatoms. The Hall–Kier alpha value is -2.40. The van der Waals surface area contributed by atoms with Crippen molar-refractivity contribution in [2.45, 2.75) is 32.4 Å². The largest absolute Gasteiger partial charge is 0.464 e. The molecule has 4 rings (SSSR count). The highest BCUT2D eigenvalue weighted by atomic mass is 16.3. The minimum Gasteiger partial charge on any atom is -0.464 e. The molecule has 0 bridgehead atoms. The van der Waals surface area contributed by atoms with Crippen LogP contribution in [0.1, 0.15) is 36.6 Å². The van der Waals surface area contributed by atoms with Crippen molar-refractivity contribution in [3.63, 3.8) is 0 Å². The van der Waals surface area contributed by atoms with Crippen LogP contribution in [0.5, 0.6) is 0 Å². The molecule has 0 unspecified atom stereocenters. The van der Waals surface area contributed by atoms with Gasteiger partial charge in [-0.25, -0.2) is 4.98 Å². The number of fused-ring (bicyclic) bond motifs is 1. The summed E-state index contributed by atoms with van der Waals surface area (Å²) in [5.41, 5.74) is 0.639. The zero-order valence-corrected chi connectivity index (χ0v) is 14.0. The third-order valence-electron chi connectivity index (χ3n) is 4.66. The molecule has 0 amide bonds. The van der Waals surface area contributed by atoms with E-state index in [-0.39, 0.29) is 5.56 Å². The monoisotopic (exact) mass is 323 g/mol. The molecule has 1 saturated carbocycles. The minimum absolute atomic E-state index is 0.0907. The average molecular weight is 323 g/mol. The molecule has 1 aromatic carbocycles. The summed E-state index contributed by atoms with van der Waals surface area (Å²) in [5.74, 6) is 4.07. The van der Waals surface area contributed by atoms with E-state index in [1.165, 1.54) is 6.42 Å². The van der Waals surface area contributed by atoms with Crippen molar-refractivity contribution < 1.29 is 4.42 Å². The molecule has 1 aliphatic carbocycles. The predicted octanol–water partition coefficient (Wildman–Crippen LogP) is 3.27. The lowest BCUT2D eigenvalue weighted by molar-refractivity contribution is 0.277. The summed E-state index contributed by atoms with van der Waals surface area (Å²) in [6.07, 6.45) is 1.23. The number of H-pyrrole nitrogens is 1. The summed E-state index contributed by atoms with van der Waals surface area (Å²) in [6, 6.07) is 11.5. The summed E-state index contributed by atoms with van der Waals surface area (Å²) < 4.78 is 5.95. The van der Waals surface area contributed by atoms with Crippen molar-refractivity contribution in [3.8, 4) is 0 Å². The maximum atomic E-state index is 12.1. The van der Waals surface area contributed by atoms with E-state index >= 15 is 0 Å². The van der Waals surface area contributed by atoms with Crippen molar-refractivity contribution in [3.05, 3.63) is 64.1 Å². The summed E-state index contributed by atoms with van der Waals surface area (Å²) >= 11 is 0. The van der Waals surface area contributed by atoms with Gasteiger partial charge in [0.25, 0.3) is 5.56 Å². The van der Waals surface area contributed by atoms with Gasteiger partial charge in [-0.15, -0.1) is 0 Å². The van der Waals surface area contributed by atoms with Crippen LogP contribution in [0.3, 0.4) is 0 Å². The van der Waals surface area contributed by atoms with Crippen molar-refractivity contribution in [2.24, 2.45) is 5.92 Å². The van der Waals surface area contributed by atoms with Crippen molar-refractivity contribution >= 4 is 10.9 Å². The number of aromatic amines is 1. The molecular weight excluding hydrogens is 302 g/mol. The lowest BCUT2D eigenvalue weighted by Crippen LogP contribution is -2.21. The van der Waals surface area contributed by atoms with Crippen LogP contribution in [0.4, 0.5) is 0 Å². The Morgan fingerprint density at radius 3 is 2.83 bits per heavy atom. The molecule has 124 valence electrons. The van der Waals surface area contributed by atoms with Gasteiger partial charge in [-0.1, -0.05) is 19.1 Å². The van der Waals surface area contributed by atoms with Crippen LogP contribution in [-0.4, -0.2) is 21.9 Å². The van der Waals surface area contributed by atoms with E-state index in [1.807, 2.05) is 31.3 Å². The maximum Gasteiger partial charge on any atom is 0.258 e. The van der Waals surface area contributed by atoms with Gasteiger partial charge in [-0.05, 0) is 43.7 Å². The molecule has 0 aliphatic heterocycles. The number of nitrogens with one attached hydrogen (secondary N) is 1. The number of benzene rings is 1. The van der Waals surface area contributed by atoms with Gasteiger partial charge in [0.05, 0.1) is 24.0 Å². The van der Waals surface area contributed by atoms with E-state index in [2.05, 4.69) is 27.9 Å². The van der Waals surface area contributed by atoms with Gasteiger partial charge in [-0.3, -0.25) is 9.69 Å². The van der Waals surface area contributed by atoms with Gasteiger partial charge in [-0.2, -0.15) is 0 Å². The van der Waals surface area contributed by atoms with Gasteiger partial charge in [0, 0.05) is 5.92 Å². The number of hydrogen-bond acceptors (Lipinski definition) is 4. The lowest BCUT2D eigenvalue weighted by atomic mass is 10.2. The first-order valence-electron chi connectivity index (χ1n) is 8.35. The highest BCUT2D eigenvalue weighted by Gasteiger charge is 2.36. The molecule has 0 spiro atoms. The SMILES string of the molecule is C[C@H]1C[C@@H]1c1ccc(CN(C)Cc2nc3ccccc3c(=O)[nH]2)o1. The predicted molar refractivity (Wildman–Crippen MR) is 92.8 cm³/mol. The first-order chi connectivity index (χ1) is 11.6. The summed E-state index contributed by atoms with van der Waals surface area (Å²) in [4.78, 5) is 21.6. The fourth-order valence-electron chi connectivity index (χ4n) is 3.18. The van der Waals surface area contributed by atoms with Crippen LogP contribution in [0.2, 0.25) is 0 Å². The lowest BCUT2D eigenvalue weighted by Gasteiger charge is -2.14. The van der Waals surface area contributed by atoms with Crippen LogP contribution >= 0.6 is 0 Å². The van der Waals surface area contributed by atoms with E-state index in [0.29, 0.717) is 30.2 Å². The second kappa shape index (κ2) is 5.91. The van der Waals surface area contributed by atoms with Gasteiger partial charge in [0.15, 0.2) is 0 Å². The molecule has 1 fully saturated rings. The number of hydrogen-bond donors (Lipinski definition) is 1. The van der Waals surface area contributed by atoms with Crippen LogP contribution < -0.4 is 5.56 Å². The molecule has 1 aliphatic rings. The Bertz CT molecular complexity index is 928. The number of nitrogens with zero attached hydrogens (tertiary/aromatic N) is 2. The fraction of sp³-hybridized carbons (Fsp3) is 0.368. The molecule has 2 heterocycles. The Labute approximate surface area is 140 Å². The number of para-hydroxylation sites is 1. The fourth-order valence-corrected chi connectivity index (χ4v) is 3.18. The third-order valence-corrected chi connectivity index (χ3v) is 4.66. The molecular formula is C19H21N3O2. The zero-order valence-electron chi connectivity index (χ0n) is 14.0. The smallest absolute Gasteiger partial charge is 0.258 e. The molecule has 2 aromatic heterocycles. The van der Waals surface area contributed by atoms with Gasteiger partial charge >= 0.3 is 0 Å². The first-order valence-corrected chi connectivity index (χ1v) is 8.35.